The number of ether oxygens (including phenoxy) is 1. The third-order valence-electron chi connectivity index (χ3n) is 4.30. The first-order chi connectivity index (χ1) is 11.6. The predicted octanol–water partition coefficient (Wildman–Crippen LogP) is -1.14. The maximum atomic E-state index is 12.3. The molecule has 2 heterocycles. The van der Waals surface area contributed by atoms with Crippen molar-refractivity contribution in [1.82, 2.24) is 10.2 Å². The molecule has 2 saturated heterocycles. The summed E-state index contributed by atoms with van der Waals surface area (Å²) in [4.78, 5) is 42.7. The molecule has 0 saturated carbocycles. The first-order valence-electron chi connectivity index (χ1n) is 8.71. The number of amides is 4. The van der Waals surface area contributed by atoms with Crippen molar-refractivity contribution < 1.29 is 24.0 Å². The third-order valence-corrected chi connectivity index (χ3v) is 4.30. The standard InChI is InChI=1S/C16H26N4O4/c1-2-3-7-20-15(22)13(14(21)18-16(20)23)12-17-5-4-6-19-8-10-24-11-9-19/h12-13H,2-11H2,1H3,(H,18,21,23)/p+1/t13-/m1/s1. The van der Waals surface area contributed by atoms with Crippen LogP contribution in [0.1, 0.15) is 26.2 Å². The van der Waals surface area contributed by atoms with Gasteiger partial charge in [0, 0.05) is 25.7 Å². The summed E-state index contributed by atoms with van der Waals surface area (Å²) in [5.41, 5.74) is 0. The van der Waals surface area contributed by atoms with Crippen LogP contribution in [-0.2, 0) is 14.3 Å². The molecule has 1 atom stereocenters. The van der Waals surface area contributed by atoms with Crippen LogP contribution in [0, 0.1) is 5.92 Å². The highest BCUT2D eigenvalue weighted by Gasteiger charge is 2.38. The van der Waals surface area contributed by atoms with Gasteiger partial charge in [0.05, 0.1) is 19.8 Å². The van der Waals surface area contributed by atoms with Crippen molar-refractivity contribution in [2.24, 2.45) is 10.9 Å². The Morgan fingerprint density at radius 3 is 2.75 bits per heavy atom. The van der Waals surface area contributed by atoms with Crippen LogP contribution in [0.3, 0.4) is 0 Å². The van der Waals surface area contributed by atoms with Gasteiger partial charge >= 0.3 is 6.03 Å². The average Bonchev–Trinajstić information content (AvgIpc) is 2.58. The van der Waals surface area contributed by atoms with Crippen LogP contribution in [0.15, 0.2) is 4.99 Å². The minimum absolute atomic E-state index is 0.333. The second-order valence-electron chi connectivity index (χ2n) is 6.14. The Bertz CT molecular complexity index is 488. The van der Waals surface area contributed by atoms with E-state index in [0.717, 1.165) is 57.0 Å². The lowest BCUT2D eigenvalue weighted by atomic mass is 10.1. The second kappa shape index (κ2) is 9.48. The van der Waals surface area contributed by atoms with E-state index in [1.807, 2.05) is 6.92 Å². The van der Waals surface area contributed by atoms with E-state index in [9.17, 15) is 14.4 Å². The van der Waals surface area contributed by atoms with Crippen LogP contribution in [0.4, 0.5) is 4.79 Å². The van der Waals surface area contributed by atoms with Gasteiger partial charge in [0.15, 0.2) is 5.92 Å². The van der Waals surface area contributed by atoms with E-state index < -0.39 is 23.8 Å². The molecule has 0 unspecified atom stereocenters. The monoisotopic (exact) mass is 339 g/mol. The number of hydrogen-bond donors (Lipinski definition) is 2. The molecule has 0 aromatic carbocycles. The molecule has 8 nitrogen and oxygen atoms in total. The van der Waals surface area contributed by atoms with Gasteiger partial charge in [-0.05, 0) is 6.42 Å². The van der Waals surface area contributed by atoms with Crippen LogP contribution in [0.5, 0.6) is 0 Å². The Morgan fingerprint density at radius 1 is 1.29 bits per heavy atom. The average molecular weight is 339 g/mol. The molecule has 0 aromatic heterocycles. The van der Waals surface area contributed by atoms with E-state index in [-0.39, 0.29) is 0 Å². The van der Waals surface area contributed by atoms with Crippen molar-refractivity contribution in [3.05, 3.63) is 0 Å². The van der Waals surface area contributed by atoms with Crippen molar-refractivity contribution in [3.63, 3.8) is 0 Å². The third kappa shape index (κ3) is 5.10. The molecule has 2 rings (SSSR count). The molecule has 0 bridgehead atoms. The smallest absolute Gasteiger partial charge is 0.330 e. The maximum absolute atomic E-state index is 12.3. The molecule has 2 aliphatic rings. The van der Waals surface area contributed by atoms with Crippen molar-refractivity contribution >= 4 is 24.1 Å². The normalized spacial score (nSPS) is 23.1. The summed E-state index contributed by atoms with van der Waals surface area (Å²) in [7, 11) is 0. The van der Waals surface area contributed by atoms with E-state index in [0.29, 0.717) is 13.1 Å². The molecule has 2 aliphatic heterocycles. The highest BCUT2D eigenvalue weighted by atomic mass is 16.5. The Balaban J connectivity index is 1.79. The minimum Gasteiger partial charge on any atom is -0.370 e. The fraction of sp³-hybridized carbons (Fsp3) is 0.750. The number of carbonyl (C=O) groups is 3. The van der Waals surface area contributed by atoms with Gasteiger partial charge in [0.25, 0.3) is 0 Å². The topological polar surface area (TPSA) is 92.5 Å². The fourth-order valence-corrected chi connectivity index (χ4v) is 2.80. The SMILES string of the molecule is CCCCN1C(=O)NC(=O)[C@@H](C=NCCC[NH+]2CCOCC2)C1=O. The van der Waals surface area contributed by atoms with E-state index in [1.165, 1.54) is 11.1 Å². The van der Waals surface area contributed by atoms with Gasteiger partial charge in [-0.15, -0.1) is 0 Å². The number of hydrogen-bond acceptors (Lipinski definition) is 5. The number of morpholine rings is 1. The van der Waals surface area contributed by atoms with Gasteiger partial charge in [-0.2, -0.15) is 0 Å². The molecule has 0 aliphatic carbocycles. The Kier molecular flexibility index (Phi) is 7.33. The van der Waals surface area contributed by atoms with Gasteiger partial charge in [0.1, 0.15) is 13.1 Å². The van der Waals surface area contributed by atoms with Gasteiger partial charge in [-0.1, -0.05) is 13.3 Å². The summed E-state index contributed by atoms with van der Waals surface area (Å²) in [6, 6.07) is -0.626. The van der Waals surface area contributed by atoms with Crippen molar-refractivity contribution in [1.29, 1.82) is 0 Å². The van der Waals surface area contributed by atoms with Crippen LogP contribution in [0.25, 0.3) is 0 Å². The van der Waals surface area contributed by atoms with Crippen LogP contribution in [0.2, 0.25) is 0 Å². The molecular weight excluding hydrogens is 312 g/mol. The number of barbiturate groups is 1. The highest BCUT2D eigenvalue weighted by molar-refractivity contribution is 6.23. The molecule has 0 aromatic rings. The quantitative estimate of drug-likeness (QED) is 0.332. The zero-order valence-electron chi connectivity index (χ0n) is 14.3. The first-order valence-corrected chi connectivity index (χ1v) is 8.71. The van der Waals surface area contributed by atoms with Crippen LogP contribution >= 0.6 is 0 Å². The molecule has 4 amide bonds. The molecular formula is C16H27N4O4+. The fourth-order valence-electron chi connectivity index (χ4n) is 2.80. The zero-order valence-corrected chi connectivity index (χ0v) is 14.3. The largest absolute Gasteiger partial charge is 0.370 e. The van der Waals surface area contributed by atoms with Gasteiger partial charge in [-0.25, -0.2) is 4.79 Å². The molecule has 2 N–H and O–H groups in total. The molecule has 24 heavy (non-hydrogen) atoms. The Morgan fingerprint density at radius 2 is 2.04 bits per heavy atom. The minimum atomic E-state index is -0.990. The van der Waals surface area contributed by atoms with Gasteiger partial charge in [0.2, 0.25) is 11.8 Å². The lowest BCUT2D eigenvalue weighted by molar-refractivity contribution is -0.908. The number of urea groups is 1. The number of quaternary nitrogens is 1. The summed E-state index contributed by atoms with van der Waals surface area (Å²) in [5.74, 6) is -2.05. The lowest BCUT2D eigenvalue weighted by Gasteiger charge is -2.28. The molecule has 0 radical (unpaired) electrons. The number of nitrogens with zero attached hydrogens (tertiary/aromatic N) is 2. The lowest BCUT2D eigenvalue weighted by Crippen LogP contribution is -3.14. The summed E-state index contributed by atoms with van der Waals surface area (Å²) >= 11 is 0. The first kappa shape index (κ1) is 18.5. The van der Waals surface area contributed by atoms with Gasteiger partial charge in [-0.3, -0.25) is 24.8 Å². The van der Waals surface area contributed by atoms with E-state index in [4.69, 9.17) is 4.74 Å². The van der Waals surface area contributed by atoms with Crippen molar-refractivity contribution in [2.45, 2.75) is 26.2 Å². The molecule has 0 spiro atoms. The van der Waals surface area contributed by atoms with Crippen molar-refractivity contribution in [2.75, 3.05) is 45.9 Å². The number of rotatable bonds is 8. The number of unbranched alkanes of at least 4 members (excludes halogenated alkanes) is 1. The van der Waals surface area contributed by atoms with Crippen molar-refractivity contribution in [3.8, 4) is 0 Å². The summed E-state index contributed by atoms with van der Waals surface area (Å²) in [6.07, 6.45) is 3.87. The summed E-state index contributed by atoms with van der Waals surface area (Å²) in [6.45, 7) is 7.53. The summed E-state index contributed by atoms with van der Waals surface area (Å²) < 4.78 is 5.31. The zero-order chi connectivity index (χ0) is 17.4. The molecule has 134 valence electrons. The summed E-state index contributed by atoms with van der Waals surface area (Å²) in [5, 5.41) is 2.23. The molecule has 2 fully saturated rings. The van der Waals surface area contributed by atoms with E-state index in [2.05, 4.69) is 10.3 Å². The van der Waals surface area contributed by atoms with E-state index in [1.54, 1.807) is 0 Å². The number of nitrogens with one attached hydrogen (secondary N) is 2. The number of imide groups is 2. The Labute approximate surface area is 142 Å². The Hall–Kier alpha value is -1.80. The maximum Gasteiger partial charge on any atom is 0.330 e. The highest BCUT2D eigenvalue weighted by Crippen LogP contribution is 2.10. The van der Waals surface area contributed by atoms with Crippen LogP contribution < -0.4 is 10.2 Å². The van der Waals surface area contributed by atoms with Gasteiger partial charge < -0.3 is 9.64 Å². The molecule has 8 heteroatoms. The van der Waals surface area contributed by atoms with Crippen LogP contribution in [-0.4, -0.2) is 74.9 Å². The number of aliphatic imine (C=N–C) groups is 1. The number of carbonyl (C=O) groups excluding carboxylic acids is 3. The van der Waals surface area contributed by atoms with E-state index >= 15 is 0 Å². The predicted molar refractivity (Wildman–Crippen MR) is 88.0 cm³/mol. The second-order valence-corrected chi connectivity index (χ2v) is 6.14.